The molecule has 1 aliphatic rings. The summed E-state index contributed by atoms with van der Waals surface area (Å²) in [5.41, 5.74) is 3.01. The Hall–Kier alpha value is -3.02. The Labute approximate surface area is 203 Å². The van der Waals surface area contributed by atoms with Crippen LogP contribution in [0.25, 0.3) is 6.08 Å². The lowest BCUT2D eigenvalue weighted by Gasteiger charge is -2.15. The van der Waals surface area contributed by atoms with Crippen molar-refractivity contribution in [3.8, 4) is 5.75 Å². The monoisotopic (exact) mass is 476 g/mol. The lowest BCUT2D eigenvalue weighted by atomic mass is 10.2. The van der Waals surface area contributed by atoms with Crippen molar-refractivity contribution in [3.63, 3.8) is 0 Å². The number of amidine groups is 1. The average Bonchev–Trinajstić information content (AvgIpc) is 3.12. The van der Waals surface area contributed by atoms with Gasteiger partial charge in [-0.3, -0.25) is 14.7 Å². The maximum Gasteiger partial charge on any atom is 0.267 e. The van der Waals surface area contributed by atoms with E-state index in [0.717, 1.165) is 23.1 Å². The molecule has 0 aliphatic carbocycles. The summed E-state index contributed by atoms with van der Waals surface area (Å²) in [6.07, 6.45) is 2.78. The van der Waals surface area contributed by atoms with Gasteiger partial charge in [0.25, 0.3) is 5.91 Å². The van der Waals surface area contributed by atoms with Gasteiger partial charge in [0.05, 0.1) is 29.6 Å². The van der Waals surface area contributed by atoms with Gasteiger partial charge in [-0.25, -0.2) is 0 Å². The van der Waals surface area contributed by atoms with E-state index in [-0.39, 0.29) is 5.91 Å². The van der Waals surface area contributed by atoms with Crippen molar-refractivity contribution in [1.29, 1.82) is 0 Å². The van der Waals surface area contributed by atoms with Gasteiger partial charge in [-0.2, -0.15) is 0 Å². The molecule has 0 atom stereocenters. The Morgan fingerprint density at radius 1 is 1.00 bits per heavy atom. The van der Waals surface area contributed by atoms with Crippen LogP contribution in [0.2, 0.25) is 5.02 Å². The number of rotatable bonds is 8. The second kappa shape index (κ2) is 11.2. The van der Waals surface area contributed by atoms with Gasteiger partial charge in [-0.05, 0) is 53.1 Å². The molecule has 6 heteroatoms. The standard InChI is InChI=1S/C27H25ClN2O2S/c1-2-15-32-24-14-13-22(16-23(24)28)17-25-26(31)30(19-21-11-7-4-8-12-21)27(33-25)29-18-20-9-5-3-6-10-20/h3-14,16-17H,2,15,18-19H2,1H3/b25-17+,29-27?. The third-order valence-corrected chi connectivity index (χ3v) is 6.37. The van der Waals surface area contributed by atoms with Gasteiger partial charge >= 0.3 is 0 Å². The fraction of sp³-hybridized carbons (Fsp3) is 0.185. The summed E-state index contributed by atoms with van der Waals surface area (Å²) in [5, 5.41) is 1.24. The minimum absolute atomic E-state index is 0.0573. The van der Waals surface area contributed by atoms with Crippen molar-refractivity contribution < 1.29 is 9.53 Å². The van der Waals surface area contributed by atoms with Gasteiger partial charge in [0, 0.05) is 0 Å². The number of thioether (sulfide) groups is 1. The van der Waals surface area contributed by atoms with Crippen LogP contribution >= 0.6 is 23.4 Å². The van der Waals surface area contributed by atoms with Crippen LogP contribution in [0, 0.1) is 0 Å². The number of nitrogens with zero attached hydrogens (tertiary/aromatic N) is 2. The summed E-state index contributed by atoms with van der Waals surface area (Å²) in [7, 11) is 0. The van der Waals surface area contributed by atoms with Gasteiger partial charge in [0.1, 0.15) is 5.75 Å². The maximum absolute atomic E-state index is 13.3. The largest absolute Gasteiger partial charge is 0.492 e. The molecule has 1 aliphatic heterocycles. The van der Waals surface area contributed by atoms with Crippen molar-refractivity contribution in [1.82, 2.24) is 4.90 Å². The third-order valence-electron chi connectivity index (χ3n) is 5.03. The zero-order valence-corrected chi connectivity index (χ0v) is 20.0. The summed E-state index contributed by atoms with van der Waals surface area (Å²) in [4.78, 5) is 20.5. The number of hydrogen-bond donors (Lipinski definition) is 0. The summed E-state index contributed by atoms with van der Waals surface area (Å²) < 4.78 is 5.65. The van der Waals surface area contributed by atoms with E-state index in [1.165, 1.54) is 11.8 Å². The lowest BCUT2D eigenvalue weighted by molar-refractivity contribution is -0.122. The SMILES string of the molecule is CCCOc1ccc(/C=C2/SC(=NCc3ccccc3)N(Cc3ccccc3)C2=O)cc1Cl. The first-order valence-electron chi connectivity index (χ1n) is 10.9. The van der Waals surface area contributed by atoms with E-state index in [1.54, 1.807) is 4.90 Å². The number of ether oxygens (including phenoxy) is 1. The topological polar surface area (TPSA) is 41.9 Å². The summed E-state index contributed by atoms with van der Waals surface area (Å²) in [6.45, 7) is 3.66. The van der Waals surface area contributed by atoms with Crippen LogP contribution in [0.5, 0.6) is 5.75 Å². The van der Waals surface area contributed by atoms with Crippen LogP contribution in [-0.2, 0) is 17.9 Å². The van der Waals surface area contributed by atoms with Crippen LogP contribution in [0.4, 0.5) is 0 Å². The number of carbonyl (C=O) groups excluding carboxylic acids is 1. The van der Waals surface area contributed by atoms with E-state index in [2.05, 4.69) is 0 Å². The first kappa shape index (κ1) is 23.1. The highest BCUT2D eigenvalue weighted by molar-refractivity contribution is 8.18. The minimum atomic E-state index is -0.0573. The Bertz CT molecular complexity index is 1160. The van der Waals surface area contributed by atoms with Gasteiger partial charge in [0.2, 0.25) is 0 Å². The van der Waals surface area contributed by atoms with E-state index in [9.17, 15) is 4.79 Å². The summed E-state index contributed by atoms with van der Waals surface area (Å²) in [6, 6.07) is 25.6. The molecular weight excluding hydrogens is 452 g/mol. The molecule has 1 fully saturated rings. The first-order chi connectivity index (χ1) is 16.1. The number of hydrogen-bond acceptors (Lipinski definition) is 4. The normalized spacial score (nSPS) is 16.1. The van der Waals surface area contributed by atoms with Crippen LogP contribution in [-0.4, -0.2) is 22.6 Å². The Morgan fingerprint density at radius 2 is 1.70 bits per heavy atom. The molecule has 3 aromatic rings. The molecule has 0 bridgehead atoms. The van der Waals surface area contributed by atoms with E-state index in [1.807, 2.05) is 91.9 Å². The molecule has 1 amide bonds. The van der Waals surface area contributed by atoms with Crippen LogP contribution < -0.4 is 4.74 Å². The van der Waals surface area contributed by atoms with Crippen LogP contribution in [0.15, 0.2) is 88.8 Å². The third kappa shape index (κ3) is 6.06. The average molecular weight is 477 g/mol. The van der Waals surface area contributed by atoms with Crippen molar-refractivity contribution >= 4 is 40.5 Å². The molecule has 4 rings (SSSR count). The van der Waals surface area contributed by atoms with Crippen molar-refractivity contribution in [2.75, 3.05) is 6.61 Å². The van der Waals surface area contributed by atoms with E-state index >= 15 is 0 Å². The van der Waals surface area contributed by atoms with Gasteiger partial charge in [-0.15, -0.1) is 0 Å². The zero-order chi connectivity index (χ0) is 23.0. The molecule has 4 nitrogen and oxygen atoms in total. The number of carbonyl (C=O) groups is 1. The fourth-order valence-corrected chi connectivity index (χ4v) is 4.58. The molecule has 168 valence electrons. The van der Waals surface area contributed by atoms with Gasteiger partial charge in [0.15, 0.2) is 5.17 Å². The minimum Gasteiger partial charge on any atom is -0.492 e. The molecule has 0 saturated carbocycles. The molecule has 0 radical (unpaired) electrons. The van der Waals surface area contributed by atoms with E-state index < -0.39 is 0 Å². The highest BCUT2D eigenvalue weighted by Crippen LogP contribution is 2.35. The summed E-state index contributed by atoms with van der Waals surface area (Å²) >= 11 is 7.79. The van der Waals surface area contributed by atoms with Crippen molar-refractivity contribution in [2.45, 2.75) is 26.4 Å². The maximum atomic E-state index is 13.3. The molecule has 3 aromatic carbocycles. The molecule has 0 unspecified atom stereocenters. The molecule has 0 spiro atoms. The second-order valence-electron chi connectivity index (χ2n) is 7.61. The fourth-order valence-electron chi connectivity index (χ4n) is 3.36. The van der Waals surface area contributed by atoms with Gasteiger partial charge in [-0.1, -0.05) is 85.3 Å². The van der Waals surface area contributed by atoms with Crippen LogP contribution in [0.3, 0.4) is 0 Å². The lowest BCUT2D eigenvalue weighted by Crippen LogP contribution is -2.28. The zero-order valence-electron chi connectivity index (χ0n) is 18.4. The second-order valence-corrected chi connectivity index (χ2v) is 9.03. The quantitative estimate of drug-likeness (QED) is 0.335. The Balaban J connectivity index is 1.60. The van der Waals surface area contributed by atoms with Crippen molar-refractivity contribution in [3.05, 3.63) is 105 Å². The van der Waals surface area contributed by atoms with Crippen LogP contribution in [0.1, 0.15) is 30.0 Å². The highest BCUT2D eigenvalue weighted by Gasteiger charge is 2.33. The molecular formula is C27H25ClN2O2S. The number of amides is 1. The Kier molecular flexibility index (Phi) is 7.87. The molecule has 0 N–H and O–H groups in total. The number of aliphatic imine (C=N–C) groups is 1. The first-order valence-corrected chi connectivity index (χ1v) is 12.1. The molecule has 1 saturated heterocycles. The van der Waals surface area contributed by atoms with E-state index in [4.69, 9.17) is 21.3 Å². The van der Waals surface area contributed by atoms with Crippen molar-refractivity contribution in [2.24, 2.45) is 4.99 Å². The number of halogens is 1. The molecule has 33 heavy (non-hydrogen) atoms. The Morgan fingerprint density at radius 3 is 2.36 bits per heavy atom. The predicted molar refractivity (Wildman–Crippen MR) is 137 cm³/mol. The molecule has 1 heterocycles. The van der Waals surface area contributed by atoms with E-state index in [0.29, 0.717) is 40.5 Å². The smallest absolute Gasteiger partial charge is 0.267 e. The van der Waals surface area contributed by atoms with Gasteiger partial charge < -0.3 is 4.74 Å². The summed E-state index contributed by atoms with van der Waals surface area (Å²) in [5.74, 6) is 0.597. The number of benzene rings is 3. The predicted octanol–water partition coefficient (Wildman–Crippen LogP) is 6.80. The molecule has 0 aromatic heterocycles. The highest BCUT2D eigenvalue weighted by atomic mass is 35.5.